The van der Waals surface area contributed by atoms with Crippen LogP contribution >= 0.6 is 0 Å². The number of amides is 2. The number of piperazine rings is 1. The fourth-order valence-electron chi connectivity index (χ4n) is 3.57. The molecule has 0 saturated carbocycles. The predicted molar refractivity (Wildman–Crippen MR) is 122 cm³/mol. The molecule has 32 heavy (non-hydrogen) atoms. The number of pyridine rings is 1. The lowest BCUT2D eigenvalue weighted by molar-refractivity contribution is 0.181. The van der Waals surface area contributed by atoms with Crippen molar-refractivity contribution in [2.75, 3.05) is 37.2 Å². The fourth-order valence-corrected chi connectivity index (χ4v) is 5.06. The van der Waals surface area contributed by atoms with Gasteiger partial charge in [0.2, 0.25) is 10.0 Å². The summed E-state index contributed by atoms with van der Waals surface area (Å²) in [7, 11) is -3.18. The molecule has 0 bridgehead atoms. The van der Waals surface area contributed by atoms with Crippen molar-refractivity contribution < 1.29 is 17.6 Å². The van der Waals surface area contributed by atoms with E-state index in [2.05, 4.69) is 20.5 Å². The van der Waals surface area contributed by atoms with E-state index in [0.717, 1.165) is 11.3 Å². The van der Waals surface area contributed by atoms with E-state index >= 15 is 0 Å². The molecule has 1 aliphatic rings. The summed E-state index contributed by atoms with van der Waals surface area (Å²) >= 11 is 0. The molecule has 2 amide bonds. The minimum Gasteiger partial charge on any atom is -0.334 e. The third-order valence-electron chi connectivity index (χ3n) is 5.31. The lowest BCUT2D eigenvalue weighted by atomic mass is 10.1. The summed E-state index contributed by atoms with van der Waals surface area (Å²) in [5.74, 6) is -0.212. The summed E-state index contributed by atoms with van der Waals surface area (Å²) in [6, 6.07) is 7.95. The number of nitrogens with one attached hydrogen (secondary N) is 2. The van der Waals surface area contributed by atoms with Gasteiger partial charge in [0.05, 0.1) is 17.6 Å². The zero-order valence-corrected chi connectivity index (χ0v) is 19.3. The first-order valence-corrected chi connectivity index (χ1v) is 12.3. The lowest BCUT2D eigenvalue weighted by Crippen LogP contribution is -2.48. The standard InChI is InChI=1S/C22H30FN5O3S/c1-3-12-32(30,31)28-10-8-27(9-11-28)16-18-5-7-21(23)19(13-18)14-25-22(29)26-20-6-4-17(2)24-15-20/h4-7,13,15H,3,8-12,14,16H2,1-2H3,(H2,25,26,29). The molecule has 174 valence electrons. The molecule has 1 aromatic carbocycles. The average Bonchev–Trinajstić information content (AvgIpc) is 2.76. The number of halogens is 1. The highest BCUT2D eigenvalue weighted by atomic mass is 32.2. The van der Waals surface area contributed by atoms with Crippen LogP contribution in [0.3, 0.4) is 0 Å². The molecular formula is C22H30FN5O3S. The van der Waals surface area contributed by atoms with Crippen molar-refractivity contribution >= 4 is 21.7 Å². The summed E-state index contributed by atoms with van der Waals surface area (Å²) in [5.41, 5.74) is 2.71. The van der Waals surface area contributed by atoms with E-state index in [4.69, 9.17) is 0 Å². The smallest absolute Gasteiger partial charge is 0.319 e. The zero-order valence-electron chi connectivity index (χ0n) is 18.5. The maximum Gasteiger partial charge on any atom is 0.319 e. The van der Waals surface area contributed by atoms with Crippen LogP contribution in [0.15, 0.2) is 36.5 Å². The molecule has 1 saturated heterocycles. The first-order chi connectivity index (χ1) is 15.3. The first kappa shape index (κ1) is 24.1. The van der Waals surface area contributed by atoms with Gasteiger partial charge in [-0.15, -0.1) is 0 Å². The Morgan fingerprint density at radius 1 is 1.16 bits per heavy atom. The minimum absolute atomic E-state index is 0.0494. The van der Waals surface area contributed by atoms with Crippen LogP contribution in [-0.2, 0) is 23.1 Å². The van der Waals surface area contributed by atoms with Gasteiger partial charge in [0.25, 0.3) is 0 Å². The second kappa shape index (κ2) is 10.8. The van der Waals surface area contributed by atoms with Gasteiger partial charge in [0.1, 0.15) is 5.82 Å². The topological polar surface area (TPSA) is 94.6 Å². The molecule has 8 nitrogen and oxygen atoms in total. The number of urea groups is 1. The first-order valence-electron chi connectivity index (χ1n) is 10.7. The van der Waals surface area contributed by atoms with Crippen molar-refractivity contribution in [1.82, 2.24) is 19.5 Å². The Morgan fingerprint density at radius 3 is 2.56 bits per heavy atom. The molecule has 0 atom stereocenters. The zero-order chi connectivity index (χ0) is 23.1. The SMILES string of the molecule is CCCS(=O)(=O)N1CCN(Cc2ccc(F)c(CNC(=O)Nc3ccc(C)nc3)c2)CC1. The Hall–Kier alpha value is -2.56. The number of carbonyl (C=O) groups excluding carboxylic acids is 1. The van der Waals surface area contributed by atoms with E-state index in [-0.39, 0.29) is 18.1 Å². The molecule has 2 aromatic rings. The van der Waals surface area contributed by atoms with Crippen molar-refractivity contribution in [1.29, 1.82) is 0 Å². The molecule has 0 radical (unpaired) electrons. The Kier molecular flexibility index (Phi) is 8.16. The summed E-state index contributed by atoms with van der Waals surface area (Å²) in [6.45, 7) is 6.54. The van der Waals surface area contributed by atoms with Gasteiger partial charge in [-0.25, -0.2) is 17.6 Å². The second-order valence-electron chi connectivity index (χ2n) is 7.91. The van der Waals surface area contributed by atoms with Gasteiger partial charge in [0.15, 0.2) is 0 Å². The number of hydrogen-bond acceptors (Lipinski definition) is 5. The second-order valence-corrected chi connectivity index (χ2v) is 10.0. The van der Waals surface area contributed by atoms with Crippen LogP contribution in [0.25, 0.3) is 0 Å². The highest BCUT2D eigenvalue weighted by molar-refractivity contribution is 7.89. The Labute approximate surface area is 188 Å². The van der Waals surface area contributed by atoms with E-state index < -0.39 is 16.1 Å². The number of nitrogens with zero attached hydrogens (tertiary/aromatic N) is 3. The molecule has 1 aromatic heterocycles. The third-order valence-corrected chi connectivity index (χ3v) is 7.39. The summed E-state index contributed by atoms with van der Waals surface area (Å²) < 4.78 is 40.2. The van der Waals surface area contributed by atoms with Crippen molar-refractivity contribution in [3.63, 3.8) is 0 Å². The normalized spacial score (nSPS) is 15.5. The Bertz CT molecular complexity index is 1020. The van der Waals surface area contributed by atoms with Crippen LogP contribution in [-0.4, -0.2) is 60.6 Å². The number of aryl methyl sites for hydroxylation is 1. The molecular weight excluding hydrogens is 433 g/mol. The molecule has 3 rings (SSSR count). The molecule has 1 aliphatic heterocycles. The summed E-state index contributed by atoms with van der Waals surface area (Å²) in [4.78, 5) is 18.4. The molecule has 2 heterocycles. The average molecular weight is 464 g/mol. The maximum atomic E-state index is 14.3. The largest absolute Gasteiger partial charge is 0.334 e. The fraction of sp³-hybridized carbons (Fsp3) is 0.455. The Balaban J connectivity index is 1.52. The molecule has 1 fully saturated rings. The van der Waals surface area contributed by atoms with Gasteiger partial charge in [-0.3, -0.25) is 9.88 Å². The van der Waals surface area contributed by atoms with Gasteiger partial charge in [-0.2, -0.15) is 4.31 Å². The molecule has 0 aliphatic carbocycles. The number of aromatic nitrogens is 1. The van der Waals surface area contributed by atoms with Crippen LogP contribution in [0.5, 0.6) is 0 Å². The number of carbonyl (C=O) groups is 1. The van der Waals surface area contributed by atoms with E-state index in [1.807, 2.05) is 13.8 Å². The number of benzene rings is 1. The van der Waals surface area contributed by atoms with E-state index in [1.165, 1.54) is 6.07 Å². The quantitative estimate of drug-likeness (QED) is 0.628. The van der Waals surface area contributed by atoms with E-state index in [0.29, 0.717) is 50.4 Å². The highest BCUT2D eigenvalue weighted by Crippen LogP contribution is 2.16. The van der Waals surface area contributed by atoms with Gasteiger partial charge in [-0.05, 0) is 43.2 Å². The van der Waals surface area contributed by atoms with Gasteiger partial charge in [0, 0.05) is 50.5 Å². The van der Waals surface area contributed by atoms with E-state index in [9.17, 15) is 17.6 Å². The van der Waals surface area contributed by atoms with Crippen LogP contribution in [0, 0.1) is 12.7 Å². The number of rotatable bonds is 8. The number of anilines is 1. The molecule has 0 unspecified atom stereocenters. The van der Waals surface area contributed by atoms with Crippen molar-refractivity contribution in [3.8, 4) is 0 Å². The van der Waals surface area contributed by atoms with Gasteiger partial charge >= 0.3 is 6.03 Å². The van der Waals surface area contributed by atoms with E-state index in [1.54, 1.807) is 34.8 Å². The van der Waals surface area contributed by atoms with Crippen molar-refractivity contribution in [2.24, 2.45) is 0 Å². The monoisotopic (exact) mass is 463 g/mol. The van der Waals surface area contributed by atoms with Crippen LogP contribution in [0.2, 0.25) is 0 Å². The summed E-state index contributed by atoms with van der Waals surface area (Å²) in [6.07, 6.45) is 2.16. The van der Waals surface area contributed by atoms with Crippen LogP contribution in [0.4, 0.5) is 14.9 Å². The maximum absolute atomic E-state index is 14.3. The van der Waals surface area contributed by atoms with Crippen LogP contribution in [0.1, 0.15) is 30.2 Å². The highest BCUT2D eigenvalue weighted by Gasteiger charge is 2.26. The van der Waals surface area contributed by atoms with Gasteiger partial charge in [-0.1, -0.05) is 13.0 Å². The van der Waals surface area contributed by atoms with Crippen molar-refractivity contribution in [3.05, 3.63) is 59.2 Å². The summed E-state index contributed by atoms with van der Waals surface area (Å²) in [5, 5.41) is 5.33. The molecule has 0 spiro atoms. The molecule has 10 heteroatoms. The van der Waals surface area contributed by atoms with Gasteiger partial charge < -0.3 is 10.6 Å². The van der Waals surface area contributed by atoms with Crippen molar-refractivity contribution in [2.45, 2.75) is 33.4 Å². The predicted octanol–water partition coefficient (Wildman–Crippen LogP) is 2.71. The van der Waals surface area contributed by atoms with Crippen LogP contribution < -0.4 is 10.6 Å². The Morgan fingerprint density at radius 2 is 1.91 bits per heavy atom. The number of sulfonamides is 1. The molecule has 2 N–H and O–H groups in total. The number of hydrogen-bond donors (Lipinski definition) is 2. The minimum atomic E-state index is -3.18. The third kappa shape index (κ3) is 6.72. The lowest BCUT2D eigenvalue weighted by Gasteiger charge is -2.34.